The molecule has 1 nitrogen and oxygen atoms in total. The summed E-state index contributed by atoms with van der Waals surface area (Å²) in [7, 11) is 0. The van der Waals surface area contributed by atoms with Crippen molar-refractivity contribution in [2.75, 3.05) is 6.54 Å². The maximum atomic E-state index is 5.84. The first-order valence-corrected chi connectivity index (χ1v) is 7.71. The fourth-order valence-corrected chi connectivity index (χ4v) is 3.35. The summed E-state index contributed by atoms with van der Waals surface area (Å²) in [5.74, 6) is 0. The third kappa shape index (κ3) is 3.22. The summed E-state index contributed by atoms with van der Waals surface area (Å²) in [4.78, 5) is 1.38. The lowest BCUT2D eigenvalue weighted by Crippen LogP contribution is -2.28. The Bertz CT molecular complexity index is 531. The number of hydrogen-bond acceptors (Lipinski definition) is 2. The van der Waals surface area contributed by atoms with E-state index in [9.17, 15) is 0 Å². The van der Waals surface area contributed by atoms with Gasteiger partial charge in [-0.15, -0.1) is 11.3 Å². The third-order valence-electron chi connectivity index (χ3n) is 3.22. The van der Waals surface area contributed by atoms with E-state index in [1.54, 1.807) is 11.3 Å². The molecule has 2 N–H and O–H groups in total. The molecule has 18 heavy (non-hydrogen) atoms. The van der Waals surface area contributed by atoms with Gasteiger partial charge in [0.1, 0.15) is 0 Å². The second kappa shape index (κ2) is 5.55. The van der Waals surface area contributed by atoms with Gasteiger partial charge in [-0.05, 0) is 33.1 Å². The number of hydrogen-bond donors (Lipinski definition) is 1. The number of thiophene rings is 1. The highest BCUT2D eigenvalue weighted by Gasteiger charge is 2.18. The van der Waals surface area contributed by atoms with Gasteiger partial charge in [0.15, 0.2) is 0 Å². The minimum absolute atomic E-state index is 0.0477. The van der Waals surface area contributed by atoms with Gasteiger partial charge in [0.05, 0.1) is 0 Å². The summed E-state index contributed by atoms with van der Waals surface area (Å²) in [6.45, 7) is 5.04. The Balaban J connectivity index is 2.22. The summed E-state index contributed by atoms with van der Waals surface area (Å²) < 4.78 is 1.17. The average molecular weight is 324 g/mol. The van der Waals surface area contributed by atoms with Crippen LogP contribution >= 0.6 is 27.3 Å². The molecule has 1 heterocycles. The minimum atomic E-state index is 0.0477. The van der Waals surface area contributed by atoms with Crippen molar-refractivity contribution in [1.82, 2.24) is 0 Å². The van der Waals surface area contributed by atoms with Crippen LogP contribution in [0.3, 0.4) is 0 Å². The first kappa shape index (κ1) is 13.8. The van der Waals surface area contributed by atoms with Crippen LogP contribution in [0.4, 0.5) is 0 Å². The summed E-state index contributed by atoms with van der Waals surface area (Å²) in [6, 6.07) is 10.9. The molecule has 2 rings (SSSR count). The molecule has 0 radical (unpaired) electrons. The predicted octanol–water partition coefficient (Wildman–Crippen LogP) is 4.34. The highest BCUT2D eigenvalue weighted by molar-refractivity contribution is 9.10. The summed E-state index contributed by atoms with van der Waals surface area (Å²) in [5.41, 5.74) is 8.56. The first-order valence-electron chi connectivity index (χ1n) is 6.04. The molecule has 1 aromatic carbocycles. The molecular weight excluding hydrogens is 306 g/mol. The summed E-state index contributed by atoms with van der Waals surface area (Å²) in [5, 5.41) is 2.13. The number of benzene rings is 1. The van der Waals surface area contributed by atoms with Gasteiger partial charge in [-0.2, -0.15) is 0 Å². The Morgan fingerprint density at radius 1 is 1.28 bits per heavy atom. The lowest BCUT2D eigenvalue weighted by molar-refractivity contribution is 0.538. The molecule has 2 aromatic rings. The molecule has 3 heteroatoms. The highest BCUT2D eigenvalue weighted by Crippen LogP contribution is 2.26. The maximum Gasteiger partial charge on any atom is 0.0285 e. The lowest BCUT2D eigenvalue weighted by Gasteiger charge is -2.23. The van der Waals surface area contributed by atoms with E-state index in [0.717, 1.165) is 6.42 Å². The Labute approximate surface area is 121 Å². The van der Waals surface area contributed by atoms with Gasteiger partial charge in [-0.3, -0.25) is 0 Å². The predicted molar refractivity (Wildman–Crippen MR) is 83.3 cm³/mol. The van der Waals surface area contributed by atoms with Gasteiger partial charge in [0, 0.05) is 33.1 Å². The monoisotopic (exact) mass is 323 g/mol. The molecule has 0 unspecified atom stereocenters. The largest absolute Gasteiger partial charge is 0.330 e. The number of nitrogens with two attached hydrogens (primary N) is 1. The van der Waals surface area contributed by atoms with Crippen molar-refractivity contribution in [3.05, 3.63) is 56.2 Å². The van der Waals surface area contributed by atoms with Gasteiger partial charge < -0.3 is 5.73 Å². The molecule has 0 aliphatic rings. The molecule has 0 bridgehead atoms. The van der Waals surface area contributed by atoms with E-state index in [4.69, 9.17) is 5.73 Å². The normalized spacial score (nSPS) is 11.8. The standard InChI is InChI=1S/C15H18BrNS/c1-15(2,10-17)12-5-3-4-11(6-12)7-14-8-13(16)9-18-14/h3-6,8-9H,7,10,17H2,1-2H3. The zero-order valence-electron chi connectivity index (χ0n) is 10.7. The SMILES string of the molecule is CC(C)(CN)c1cccc(Cc2cc(Br)cs2)c1. The fourth-order valence-electron chi connectivity index (χ4n) is 1.87. The second-order valence-electron chi connectivity index (χ2n) is 5.20. The van der Waals surface area contributed by atoms with Crippen LogP contribution in [-0.4, -0.2) is 6.54 Å². The Morgan fingerprint density at radius 2 is 2.06 bits per heavy atom. The second-order valence-corrected chi connectivity index (χ2v) is 7.11. The molecule has 0 amide bonds. The van der Waals surface area contributed by atoms with Crippen molar-refractivity contribution >= 4 is 27.3 Å². The molecule has 0 aliphatic carbocycles. The van der Waals surface area contributed by atoms with Gasteiger partial charge in [0.25, 0.3) is 0 Å². The lowest BCUT2D eigenvalue weighted by atomic mass is 9.84. The van der Waals surface area contributed by atoms with Crippen LogP contribution in [0.15, 0.2) is 40.2 Å². The highest BCUT2D eigenvalue weighted by atomic mass is 79.9. The van der Waals surface area contributed by atoms with Crippen LogP contribution in [0.1, 0.15) is 29.9 Å². The van der Waals surface area contributed by atoms with Crippen LogP contribution in [0.25, 0.3) is 0 Å². The molecule has 0 fully saturated rings. The zero-order chi connectivity index (χ0) is 13.2. The van der Waals surface area contributed by atoms with Crippen molar-refractivity contribution in [3.63, 3.8) is 0 Å². The van der Waals surface area contributed by atoms with Gasteiger partial charge in [0.2, 0.25) is 0 Å². The number of rotatable bonds is 4. The third-order valence-corrected chi connectivity index (χ3v) is 4.92. The molecule has 0 atom stereocenters. The van der Waals surface area contributed by atoms with Gasteiger partial charge in [-0.25, -0.2) is 0 Å². The molecule has 0 aliphatic heterocycles. The molecule has 0 saturated heterocycles. The smallest absolute Gasteiger partial charge is 0.0285 e. The number of halogens is 1. The van der Waals surface area contributed by atoms with Gasteiger partial charge >= 0.3 is 0 Å². The van der Waals surface area contributed by atoms with Crippen LogP contribution in [-0.2, 0) is 11.8 Å². The Morgan fingerprint density at radius 3 is 2.67 bits per heavy atom. The zero-order valence-corrected chi connectivity index (χ0v) is 13.1. The molecule has 0 saturated carbocycles. The van der Waals surface area contributed by atoms with E-state index in [1.807, 2.05) is 0 Å². The molecular formula is C15H18BrNS. The van der Waals surface area contributed by atoms with Crippen LogP contribution < -0.4 is 5.73 Å². The van der Waals surface area contributed by atoms with Crippen molar-refractivity contribution in [1.29, 1.82) is 0 Å². The summed E-state index contributed by atoms with van der Waals surface area (Å²) in [6.07, 6.45) is 0.991. The van der Waals surface area contributed by atoms with Crippen LogP contribution in [0, 0.1) is 0 Å². The minimum Gasteiger partial charge on any atom is -0.330 e. The van der Waals surface area contributed by atoms with E-state index in [0.29, 0.717) is 6.54 Å². The average Bonchev–Trinajstić information content (AvgIpc) is 2.75. The van der Waals surface area contributed by atoms with E-state index >= 15 is 0 Å². The first-order chi connectivity index (χ1) is 8.51. The topological polar surface area (TPSA) is 26.0 Å². The van der Waals surface area contributed by atoms with Crippen LogP contribution in [0.5, 0.6) is 0 Å². The van der Waals surface area contributed by atoms with Crippen molar-refractivity contribution in [2.24, 2.45) is 5.73 Å². The van der Waals surface area contributed by atoms with E-state index in [-0.39, 0.29) is 5.41 Å². The molecule has 96 valence electrons. The van der Waals surface area contributed by atoms with E-state index in [2.05, 4.69) is 65.5 Å². The maximum absolute atomic E-state index is 5.84. The van der Waals surface area contributed by atoms with Crippen molar-refractivity contribution in [2.45, 2.75) is 25.7 Å². The molecule has 1 aromatic heterocycles. The van der Waals surface area contributed by atoms with E-state index in [1.165, 1.54) is 20.5 Å². The Hall–Kier alpha value is -0.640. The quantitative estimate of drug-likeness (QED) is 0.890. The van der Waals surface area contributed by atoms with Crippen molar-refractivity contribution < 1.29 is 0 Å². The molecule has 0 spiro atoms. The Kier molecular flexibility index (Phi) is 4.25. The van der Waals surface area contributed by atoms with Crippen molar-refractivity contribution in [3.8, 4) is 0 Å². The fraction of sp³-hybridized carbons (Fsp3) is 0.333. The van der Waals surface area contributed by atoms with Gasteiger partial charge in [-0.1, -0.05) is 38.1 Å². The summed E-state index contributed by atoms with van der Waals surface area (Å²) >= 11 is 5.29. The van der Waals surface area contributed by atoms with Crippen LogP contribution in [0.2, 0.25) is 0 Å². The van der Waals surface area contributed by atoms with E-state index < -0.39 is 0 Å².